The summed E-state index contributed by atoms with van der Waals surface area (Å²) in [7, 11) is 0. The summed E-state index contributed by atoms with van der Waals surface area (Å²) in [6, 6.07) is 12.7. The molecular formula is C21H14F4O3. The lowest BCUT2D eigenvalue weighted by molar-refractivity contribution is -0.137. The van der Waals surface area contributed by atoms with Crippen molar-refractivity contribution in [3.05, 3.63) is 83.2 Å². The molecule has 3 nitrogen and oxygen atoms in total. The van der Waals surface area contributed by atoms with E-state index >= 15 is 0 Å². The summed E-state index contributed by atoms with van der Waals surface area (Å²) in [5, 5.41) is 9.63. The van der Waals surface area contributed by atoms with Crippen LogP contribution < -0.4 is 4.74 Å². The lowest BCUT2D eigenvalue weighted by Crippen LogP contribution is -2.09. The SMILES string of the molecule is O=Cc1ccc(OCc2ccc(-c3ccccc3F)c(C(F)(F)F)c2)cc1O. The normalized spacial score (nSPS) is 11.3. The summed E-state index contributed by atoms with van der Waals surface area (Å²) in [6.07, 6.45) is -4.21. The molecule has 28 heavy (non-hydrogen) atoms. The average Bonchev–Trinajstić information content (AvgIpc) is 2.66. The molecule has 3 aromatic rings. The van der Waals surface area contributed by atoms with E-state index in [2.05, 4.69) is 0 Å². The van der Waals surface area contributed by atoms with Gasteiger partial charge in [-0.3, -0.25) is 4.79 Å². The second-order valence-electron chi connectivity index (χ2n) is 5.98. The Labute approximate surface area is 157 Å². The monoisotopic (exact) mass is 390 g/mol. The molecule has 3 rings (SSSR count). The summed E-state index contributed by atoms with van der Waals surface area (Å²) in [4.78, 5) is 10.7. The van der Waals surface area contributed by atoms with Crippen molar-refractivity contribution in [1.82, 2.24) is 0 Å². The fraction of sp³-hybridized carbons (Fsp3) is 0.0952. The van der Waals surface area contributed by atoms with Crippen LogP contribution in [0.4, 0.5) is 17.6 Å². The maximum atomic E-state index is 14.0. The van der Waals surface area contributed by atoms with Gasteiger partial charge >= 0.3 is 6.18 Å². The van der Waals surface area contributed by atoms with E-state index < -0.39 is 17.6 Å². The molecule has 0 radical (unpaired) electrons. The molecule has 7 heteroatoms. The zero-order valence-electron chi connectivity index (χ0n) is 14.3. The van der Waals surface area contributed by atoms with Crippen LogP contribution in [0.25, 0.3) is 11.1 Å². The molecule has 0 aliphatic heterocycles. The molecule has 0 aliphatic carbocycles. The molecule has 0 spiro atoms. The van der Waals surface area contributed by atoms with Crippen LogP contribution in [-0.4, -0.2) is 11.4 Å². The Hall–Kier alpha value is -3.35. The van der Waals surface area contributed by atoms with Crippen molar-refractivity contribution >= 4 is 6.29 Å². The predicted octanol–water partition coefficient (Wildman–Crippen LogP) is 5.61. The van der Waals surface area contributed by atoms with Gasteiger partial charge in [0.2, 0.25) is 0 Å². The summed E-state index contributed by atoms with van der Waals surface area (Å²) in [6.45, 7) is -0.208. The van der Waals surface area contributed by atoms with Crippen molar-refractivity contribution in [1.29, 1.82) is 0 Å². The van der Waals surface area contributed by atoms with Gasteiger partial charge in [-0.2, -0.15) is 13.2 Å². The molecule has 0 aliphatic rings. The van der Waals surface area contributed by atoms with Crippen molar-refractivity contribution < 1.29 is 32.2 Å². The standard InChI is InChI=1S/C21H14F4O3/c22-19-4-2-1-3-17(19)16-8-5-13(9-18(16)21(23,24)25)12-28-15-7-6-14(11-26)20(27)10-15/h1-11,27H,12H2. The molecule has 0 bridgehead atoms. The summed E-state index contributed by atoms with van der Waals surface area (Å²) >= 11 is 0. The number of aromatic hydroxyl groups is 1. The summed E-state index contributed by atoms with van der Waals surface area (Å²) < 4.78 is 59.9. The minimum atomic E-state index is -4.68. The highest BCUT2D eigenvalue weighted by Gasteiger charge is 2.34. The zero-order chi connectivity index (χ0) is 20.3. The Balaban J connectivity index is 1.90. The fourth-order valence-corrected chi connectivity index (χ4v) is 2.71. The number of halogens is 4. The molecule has 0 atom stereocenters. The van der Waals surface area contributed by atoms with Crippen molar-refractivity contribution in [3.63, 3.8) is 0 Å². The van der Waals surface area contributed by atoms with E-state index in [4.69, 9.17) is 4.74 Å². The van der Waals surface area contributed by atoms with Crippen molar-refractivity contribution in [2.24, 2.45) is 0 Å². The second-order valence-corrected chi connectivity index (χ2v) is 5.98. The number of aldehydes is 1. The molecule has 0 aromatic heterocycles. The number of benzene rings is 3. The van der Waals surface area contributed by atoms with Gasteiger partial charge in [0.05, 0.1) is 11.1 Å². The highest BCUT2D eigenvalue weighted by atomic mass is 19.4. The van der Waals surface area contributed by atoms with Crippen LogP contribution in [0.15, 0.2) is 60.7 Å². The van der Waals surface area contributed by atoms with Gasteiger partial charge in [0, 0.05) is 11.6 Å². The van der Waals surface area contributed by atoms with Crippen LogP contribution >= 0.6 is 0 Å². The van der Waals surface area contributed by atoms with Crippen molar-refractivity contribution in [2.75, 3.05) is 0 Å². The van der Waals surface area contributed by atoms with Crippen LogP contribution in [0.1, 0.15) is 21.5 Å². The fourth-order valence-electron chi connectivity index (χ4n) is 2.71. The van der Waals surface area contributed by atoms with E-state index in [0.29, 0.717) is 6.29 Å². The van der Waals surface area contributed by atoms with E-state index in [1.54, 1.807) is 0 Å². The van der Waals surface area contributed by atoms with E-state index in [0.717, 1.165) is 12.1 Å². The number of hydrogen-bond donors (Lipinski definition) is 1. The first-order valence-electron chi connectivity index (χ1n) is 8.15. The third-order valence-corrected chi connectivity index (χ3v) is 4.09. The van der Waals surface area contributed by atoms with Crippen LogP contribution in [0.3, 0.4) is 0 Å². The number of ether oxygens (including phenoxy) is 1. The first kappa shape index (κ1) is 19.4. The summed E-state index contributed by atoms with van der Waals surface area (Å²) in [5.74, 6) is -0.851. The van der Waals surface area contributed by atoms with Gasteiger partial charge in [0.15, 0.2) is 6.29 Å². The van der Waals surface area contributed by atoms with Gasteiger partial charge in [-0.1, -0.05) is 30.3 Å². The Bertz CT molecular complexity index is 1010. The minimum absolute atomic E-state index is 0.0703. The van der Waals surface area contributed by atoms with Crippen LogP contribution in [0, 0.1) is 5.82 Å². The molecule has 0 unspecified atom stereocenters. The molecule has 1 N–H and O–H groups in total. The predicted molar refractivity (Wildman–Crippen MR) is 94.7 cm³/mol. The Morgan fingerprint density at radius 1 is 0.964 bits per heavy atom. The quantitative estimate of drug-likeness (QED) is 0.455. The molecule has 0 fully saturated rings. The number of carbonyl (C=O) groups is 1. The molecular weight excluding hydrogens is 376 g/mol. The number of phenols is 1. The molecule has 0 saturated carbocycles. The Kier molecular flexibility index (Phi) is 5.35. The molecule has 144 valence electrons. The minimum Gasteiger partial charge on any atom is -0.507 e. The number of rotatable bonds is 5. The van der Waals surface area contributed by atoms with Crippen LogP contribution in [0.5, 0.6) is 11.5 Å². The molecule has 0 amide bonds. The number of alkyl halides is 3. The van der Waals surface area contributed by atoms with Gasteiger partial charge < -0.3 is 9.84 Å². The van der Waals surface area contributed by atoms with Gasteiger partial charge in [0.1, 0.15) is 23.9 Å². The topological polar surface area (TPSA) is 46.5 Å². The largest absolute Gasteiger partial charge is 0.507 e. The van der Waals surface area contributed by atoms with Crippen molar-refractivity contribution in [2.45, 2.75) is 12.8 Å². The van der Waals surface area contributed by atoms with Gasteiger partial charge in [-0.15, -0.1) is 0 Å². The highest BCUT2D eigenvalue weighted by molar-refractivity contribution is 5.79. The van der Waals surface area contributed by atoms with Gasteiger partial charge in [-0.25, -0.2) is 4.39 Å². The Morgan fingerprint density at radius 2 is 1.71 bits per heavy atom. The maximum absolute atomic E-state index is 14.0. The van der Waals surface area contributed by atoms with E-state index in [1.165, 1.54) is 48.5 Å². The molecule has 3 aromatic carbocycles. The van der Waals surface area contributed by atoms with E-state index in [1.807, 2.05) is 0 Å². The highest BCUT2D eigenvalue weighted by Crippen LogP contribution is 2.38. The van der Waals surface area contributed by atoms with E-state index in [9.17, 15) is 27.5 Å². The van der Waals surface area contributed by atoms with Crippen LogP contribution in [-0.2, 0) is 12.8 Å². The first-order chi connectivity index (χ1) is 13.3. The van der Waals surface area contributed by atoms with Crippen molar-refractivity contribution in [3.8, 4) is 22.6 Å². The number of carbonyl (C=O) groups excluding carboxylic acids is 1. The average molecular weight is 390 g/mol. The lowest BCUT2D eigenvalue weighted by Gasteiger charge is -2.16. The third-order valence-electron chi connectivity index (χ3n) is 4.09. The smallest absolute Gasteiger partial charge is 0.417 e. The number of hydrogen-bond acceptors (Lipinski definition) is 3. The first-order valence-corrected chi connectivity index (χ1v) is 8.15. The molecule has 0 heterocycles. The lowest BCUT2D eigenvalue weighted by atomic mass is 9.97. The molecule has 0 saturated heterocycles. The van der Waals surface area contributed by atoms with Gasteiger partial charge in [-0.05, 0) is 35.4 Å². The van der Waals surface area contributed by atoms with E-state index in [-0.39, 0.29) is 40.4 Å². The second kappa shape index (κ2) is 7.72. The Morgan fingerprint density at radius 3 is 2.36 bits per heavy atom. The van der Waals surface area contributed by atoms with Crippen LogP contribution in [0.2, 0.25) is 0 Å². The summed E-state index contributed by atoms with van der Waals surface area (Å²) in [5.41, 5.74) is -1.09. The third kappa shape index (κ3) is 4.14. The van der Waals surface area contributed by atoms with Gasteiger partial charge in [0.25, 0.3) is 0 Å². The zero-order valence-corrected chi connectivity index (χ0v) is 14.3. The number of phenolic OH excluding ortho intramolecular Hbond substituents is 1. The maximum Gasteiger partial charge on any atom is 0.417 e.